The third-order valence-corrected chi connectivity index (χ3v) is 3.00. The van der Waals surface area contributed by atoms with Crippen molar-refractivity contribution in [3.8, 4) is 0 Å². The quantitative estimate of drug-likeness (QED) is 0.775. The first-order valence-electron chi connectivity index (χ1n) is 5.66. The second-order valence-corrected chi connectivity index (χ2v) is 4.19. The van der Waals surface area contributed by atoms with Crippen molar-refractivity contribution in [2.75, 3.05) is 0 Å². The van der Waals surface area contributed by atoms with Gasteiger partial charge < -0.3 is 15.5 Å². The summed E-state index contributed by atoms with van der Waals surface area (Å²) in [6.07, 6.45) is 1.14. The summed E-state index contributed by atoms with van der Waals surface area (Å²) in [5.41, 5.74) is 5.10. The van der Waals surface area contributed by atoms with Crippen LogP contribution in [0.1, 0.15) is 43.5 Å². The van der Waals surface area contributed by atoms with E-state index in [0.717, 1.165) is 12.2 Å². The fraction of sp³-hybridized carbons (Fsp3) is 0.583. The molecular formula is C12H20N2O2. The number of carbonyl (C=O) groups is 1. The Bertz CT molecular complexity index is 347. The summed E-state index contributed by atoms with van der Waals surface area (Å²) in [6, 6.07) is 3.80. The van der Waals surface area contributed by atoms with Gasteiger partial charge in [-0.3, -0.25) is 4.79 Å². The van der Waals surface area contributed by atoms with Crippen LogP contribution in [-0.2, 0) is 6.54 Å². The first-order valence-corrected chi connectivity index (χ1v) is 5.66. The summed E-state index contributed by atoms with van der Waals surface area (Å²) in [5.74, 6) is 1.05. The highest BCUT2D eigenvalue weighted by atomic mass is 16.3. The second-order valence-electron chi connectivity index (χ2n) is 4.19. The summed E-state index contributed by atoms with van der Waals surface area (Å²) >= 11 is 0. The molecule has 1 amide bonds. The van der Waals surface area contributed by atoms with Gasteiger partial charge in [-0.25, -0.2) is 0 Å². The number of nitrogens with one attached hydrogen (secondary N) is 1. The van der Waals surface area contributed by atoms with Crippen LogP contribution >= 0.6 is 0 Å². The highest BCUT2D eigenvalue weighted by molar-refractivity contribution is 5.89. The molecule has 4 heteroatoms. The molecule has 0 radical (unpaired) electrons. The Labute approximate surface area is 96.2 Å². The van der Waals surface area contributed by atoms with Crippen molar-refractivity contribution in [3.05, 3.63) is 23.7 Å². The monoisotopic (exact) mass is 224 g/mol. The van der Waals surface area contributed by atoms with Gasteiger partial charge in [-0.1, -0.05) is 20.3 Å². The maximum Gasteiger partial charge on any atom is 0.284 e. The van der Waals surface area contributed by atoms with Gasteiger partial charge in [-0.2, -0.15) is 0 Å². The molecule has 16 heavy (non-hydrogen) atoms. The third-order valence-electron chi connectivity index (χ3n) is 3.00. The molecule has 0 fully saturated rings. The van der Waals surface area contributed by atoms with Gasteiger partial charge in [0.1, 0.15) is 5.76 Å². The van der Waals surface area contributed by atoms with Crippen LogP contribution in [0.25, 0.3) is 0 Å². The maximum absolute atomic E-state index is 10.8. The SMILES string of the molecule is CCC(C)C(C)NCc1ccc(C(N)=O)o1. The Morgan fingerprint density at radius 1 is 1.50 bits per heavy atom. The van der Waals surface area contributed by atoms with Crippen LogP contribution < -0.4 is 11.1 Å². The first kappa shape index (κ1) is 12.8. The number of amides is 1. The summed E-state index contributed by atoms with van der Waals surface area (Å²) < 4.78 is 5.27. The van der Waals surface area contributed by atoms with Gasteiger partial charge in [0.2, 0.25) is 0 Å². The van der Waals surface area contributed by atoms with Gasteiger partial charge in [-0.15, -0.1) is 0 Å². The van der Waals surface area contributed by atoms with Gasteiger partial charge in [-0.05, 0) is 25.0 Å². The second kappa shape index (κ2) is 5.70. The molecule has 0 saturated carbocycles. The number of primary amides is 1. The molecule has 0 bridgehead atoms. The number of hydrogen-bond donors (Lipinski definition) is 2. The maximum atomic E-state index is 10.8. The van der Waals surface area contributed by atoms with Crippen molar-refractivity contribution in [1.29, 1.82) is 0 Å². The highest BCUT2D eigenvalue weighted by Crippen LogP contribution is 2.10. The van der Waals surface area contributed by atoms with E-state index >= 15 is 0 Å². The number of nitrogens with two attached hydrogens (primary N) is 1. The molecule has 2 unspecified atom stereocenters. The minimum Gasteiger partial charge on any atom is -0.455 e. The van der Waals surface area contributed by atoms with E-state index in [1.54, 1.807) is 12.1 Å². The van der Waals surface area contributed by atoms with E-state index in [1.807, 2.05) is 0 Å². The highest BCUT2D eigenvalue weighted by Gasteiger charge is 2.11. The zero-order valence-electron chi connectivity index (χ0n) is 10.1. The fourth-order valence-electron chi connectivity index (χ4n) is 1.42. The molecule has 0 spiro atoms. The van der Waals surface area contributed by atoms with Crippen LogP contribution in [0.4, 0.5) is 0 Å². The first-order chi connectivity index (χ1) is 7.54. The van der Waals surface area contributed by atoms with Crippen LogP contribution in [0.15, 0.2) is 16.5 Å². The van der Waals surface area contributed by atoms with E-state index in [2.05, 4.69) is 26.1 Å². The Morgan fingerprint density at radius 2 is 2.19 bits per heavy atom. The van der Waals surface area contributed by atoms with Crippen LogP contribution in [0, 0.1) is 5.92 Å². The number of rotatable bonds is 6. The Hall–Kier alpha value is -1.29. The smallest absolute Gasteiger partial charge is 0.284 e. The molecule has 1 rings (SSSR count). The van der Waals surface area contributed by atoms with E-state index in [0.29, 0.717) is 18.5 Å². The minimum absolute atomic E-state index is 0.216. The van der Waals surface area contributed by atoms with Gasteiger partial charge in [0.15, 0.2) is 5.76 Å². The molecule has 0 aliphatic carbocycles. The molecule has 1 heterocycles. The molecule has 1 aromatic rings. The standard InChI is InChI=1S/C12H20N2O2/c1-4-8(2)9(3)14-7-10-5-6-11(16-10)12(13)15/h5-6,8-9,14H,4,7H2,1-3H3,(H2,13,15). The predicted molar refractivity (Wildman–Crippen MR) is 63.0 cm³/mol. The van der Waals surface area contributed by atoms with E-state index in [-0.39, 0.29) is 5.76 Å². The van der Waals surface area contributed by atoms with Crippen molar-refractivity contribution in [2.24, 2.45) is 11.7 Å². The molecule has 0 aliphatic heterocycles. The lowest BCUT2D eigenvalue weighted by Gasteiger charge is -2.19. The largest absolute Gasteiger partial charge is 0.455 e. The normalized spacial score (nSPS) is 14.7. The summed E-state index contributed by atoms with van der Waals surface area (Å²) in [7, 11) is 0. The van der Waals surface area contributed by atoms with Crippen molar-refractivity contribution in [3.63, 3.8) is 0 Å². The fourth-order valence-corrected chi connectivity index (χ4v) is 1.42. The van der Waals surface area contributed by atoms with E-state index < -0.39 is 5.91 Å². The minimum atomic E-state index is -0.527. The van der Waals surface area contributed by atoms with E-state index in [1.165, 1.54) is 0 Å². The summed E-state index contributed by atoms with van der Waals surface area (Å²) in [6.45, 7) is 7.14. The molecule has 2 atom stereocenters. The van der Waals surface area contributed by atoms with Gasteiger partial charge >= 0.3 is 0 Å². The average Bonchev–Trinajstić information content (AvgIpc) is 2.73. The Balaban J connectivity index is 2.45. The molecule has 0 aromatic carbocycles. The van der Waals surface area contributed by atoms with Gasteiger partial charge in [0.05, 0.1) is 6.54 Å². The molecule has 3 N–H and O–H groups in total. The van der Waals surface area contributed by atoms with Crippen LogP contribution in [0.3, 0.4) is 0 Å². The summed E-state index contributed by atoms with van der Waals surface area (Å²) in [4.78, 5) is 10.8. The summed E-state index contributed by atoms with van der Waals surface area (Å²) in [5, 5.41) is 3.36. The third kappa shape index (κ3) is 3.38. The van der Waals surface area contributed by atoms with Crippen molar-refractivity contribution < 1.29 is 9.21 Å². The zero-order valence-corrected chi connectivity index (χ0v) is 10.1. The lowest BCUT2D eigenvalue weighted by Crippen LogP contribution is -2.31. The van der Waals surface area contributed by atoms with E-state index in [9.17, 15) is 4.79 Å². The Kier molecular flexibility index (Phi) is 4.55. The number of hydrogen-bond acceptors (Lipinski definition) is 3. The molecule has 0 aliphatic rings. The van der Waals surface area contributed by atoms with E-state index in [4.69, 9.17) is 10.2 Å². The average molecular weight is 224 g/mol. The molecule has 1 aromatic heterocycles. The van der Waals surface area contributed by atoms with Crippen molar-refractivity contribution in [2.45, 2.75) is 39.8 Å². The molecule has 4 nitrogen and oxygen atoms in total. The number of furan rings is 1. The van der Waals surface area contributed by atoms with Crippen molar-refractivity contribution in [1.82, 2.24) is 5.32 Å². The molecule has 0 saturated heterocycles. The Morgan fingerprint density at radius 3 is 2.69 bits per heavy atom. The predicted octanol–water partition coefficient (Wildman–Crippen LogP) is 1.90. The van der Waals surface area contributed by atoms with Crippen LogP contribution in [-0.4, -0.2) is 11.9 Å². The zero-order chi connectivity index (χ0) is 12.1. The van der Waals surface area contributed by atoms with Crippen molar-refractivity contribution >= 4 is 5.91 Å². The molecule has 90 valence electrons. The van der Waals surface area contributed by atoms with Crippen LogP contribution in [0.5, 0.6) is 0 Å². The van der Waals surface area contributed by atoms with Gasteiger partial charge in [0, 0.05) is 6.04 Å². The molecular weight excluding hydrogens is 204 g/mol. The topological polar surface area (TPSA) is 68.3 Å². The number of carbonyl (C=O) groups excluding carboxylic acids is 1. The lowest BCUT2D eigenvalue weighted by molar-refractivity contribution is 0.0972. The van der Waals surface area contributed by atoms with Gasteiger partial charge in [0.25, 0.3) is 5.91 Å². The van der Waals surface area contributed by atoms with Crippen LogP contribution in [0.2, 0.25) is 0 Å². The lowest BCUT2D eigenvalue weighted by atomic mass is 10.0.